The van der Waals surface area contributed by atoms with E-state index in [2.05, 4.69) is 24.0 Å². The Labute approximate surface area is 130 Å². The smallest absolute Gasteiger partial charge is 0.235 e. The van der Waals surface area contributed by atoms with Crippen molar-refractivity contribution in [1.82, 2.24) is 9.88 Å². The number of hydrogen-bond acceptors (Lipinski definition) is 3. The first kappa shape index (κ1) is 15.8. The van der Waals surface area contributed by atoms with Crippen LogP contribution in [0.15, 0.2) is 35.4 Å². The van der Waals surface area contributed by atoms with Crippen molar-refractivity contribution in [2.75, 3.05) is 13.1 Å². The van der Waals surface area contributed by atoms with Crippen LogP contribution in [-0.4, -0.2) is 34.1 Å². The SMILES string of the molecule is CCN(CC)C(=O)[C@@H](C)Sc1cc(C)c2ccccc2n1. The predicted molar refractivity (Wildman–Crippen MR) is 89.7 cm³/mol. The lowest BCUT2D eigenvalue weighted by molar-refractivity contribution is -0.129. The summed E-state index contributed by atoms with van der Waals surface area (Å²) >= 11 is 1.54. The molecule has 21 heavy (non-hydrogen) atoms. The van der Waals surface area contributed by atoms with Crippen LogP contribution in [0.4, 0.5) is 0 Å². The molecule has 0 radical (unpaired) electrons. The number of amides is 1. The number of aryl methyl sites for hydroxylation is 1. The summed E-state index contributed by atoms with van der Waals surface area (Å²) < 4.78 is 0. The minimum Gasteiger partial charge on any atom is -0.342 e. The highest BCUT2D eigenvalue weighted by molar-refractivity contribution is 8.00. The van der Waals surface area contributed by atoms with Crippen LogP contribution in [0.1, 0.15) is 26.3 Å². The second-order valence-corrected chi connectivity index (χ2v) is 6.43. The molecule has 0 fully saturated rings. The van der Waals surface area contributed by atoms with Gasteiger partial charge in [-0.1, -0.05) is 30.0 Å². The molecule has 0 aliphatic rings. The molecule has 0 saturated heterocycles. The van der Waals surface area contributed by atoms with Crippen LogP contribution in [0, 0.1) is 6.92 Å². The number of aromatic nitrogens is 1. The van der Waals surface area contributed by atoms with Crippen molar-refractivity contribution < 1.29 is 4.79 Å². The van der Waals surface area contributed by atoms with Gasteiger partial charge in [-0.2, -0.15) is 0 Å². The molecule has 0 aliphatic heterocycles. The molecule has 0 aliphatic carbocycles. The summed E-state index contributed by atoms with van der Waals surface area (Å²) in [5.41, 5.74) is 2.19. The van der Waals surface area contributed by atoms with Crippen LogP contribution in [0.2, 0.25) is 0 Å². The molecule has 112 valence electrons. The third-order valence-corrected chi connectivity index (χ3v) is 4.63. The van der Waals surface area contributed by atoms with E-state index in [9.17, 15) is 4.79 Å². The second kappa shape index (κ2) is 6.94. The standard InChI is InChI=1S/C17H22N2OS/c1-5-19(6-2)17(20)13(4)21-16-11-12(3)14-9-7-8-10-15(14)18-16/h7-11,13H,5-6H2,1-4H3/t13-/m1/s1. The summed E-state index contributed by atoms with van der Waals surface area (Å²) in [6.07, 6.45) is 0. The molecule has 1 atom stereocenters. The number of thioether (sulfide) groups is 1. The Balaban J connectivity index is 2.21. The van der Waals surface area contributed by atoms with Crippen LogP contribution in [-0.2, 0) is 4.79 Å². The van der Waals surface area contributed by atoms with Gasteiger partial charge >= 0.3 is 0 Å². The maximum absolute atomic E-state index is 12.3. The van der Waals surface area contributed by atoms with E-state index < -0.39 is 0 Å². The minimum absolute atomic E-state index is 0.113. The van der Waals surface area contributed by atoms with Crippen LogP contribution in [0.25, 0.3) is 10.9 Å². The fourth-order valence-electron chi connectivity index (χ4n) is 2.40. The van der Waals surface area contributed by atoms with Crippen molar-refractivity contribution in [2.24, 2.45) is 0 Å². The van der Waals surface area contributed by atoms with E-state index in [0.717, 1.165) is 23.6 Å². The molecule has 1 amide bonds. The average Bonchev–Trinajstić information content (AvgIpc) is 2.48. The van der Waals surface area contributed by atoms with E-state index in [-0.39, 0.29) is 11.2 Å². The summed E-state index contributed by atoms with van der Waals surface area (Å²) in [5.74, 6) is 0.178. The number of pyridine rings is 1. The van der Waals surface area contributed by atoms with Gasteiger partial charge in [0.1, 0.15) is 0 Å². The van der Waals surface area contributed by atoms with E-state index in [1.54, 1.807) is 0 Å². The van der Waals surface area contributed by atoms with Crippen LogP contribution in [0.3, 0.4) is 0 Å². The zero-order valence-corrected chi connectivity index (χ0v) is 13.9. The predicted octanol–water partition coefficient (Wildman–Crippen LogP) is 3.89. The molecule has 3 nitrogen and oxygen atoms in total. The first-order valence-electron chi connectivity index (χ1n) is 7.38. The highest BCUT2D eigenvalue weighted by Crippen LogP contribution is 2.27. The molecule has 2 rings (SSSR count). The molecular formula is C17H22N2OS. The summed E-state index contributed by atoms with van der Waals surface area (Å²) in [6.45, 7) is 9.58. The zero-order chi connectivity index (χ0) is 15.4. The molecular weight excluding hydrogens is 280 g/mol. The average molecular weight is 302 g/mol. The lowest BCUT2D eigenvalue weighted by atomic mass is 10.1. The van der Waals surface area contributed by atoms with E-state index in [0.29, 0.717) is 0 Å². The summed E-state index contributed by atoms with van der Waals surface area (Å²) in [4.78, 5) is 18.9. The Morgan fingerprint density at radius 3 is 2.62 bits per heavy atom. The summed E-state index contributed by atoms with van der Waals surface area (Å²) in [7, 11) is 0. The van der Waals surface area contributed by atoms with Crippen molar-refractivity contribution in [3.05, 3.63) is 35.9 Å². The first-order valence-corrected chi connectivity index (χ1v) is 8.26. The first-order chi connectivity index (χ1) is 10.1. The lowest BCUT2D eigenvalue weighted by Crippen LogP contribution is -2.36. The Hall–Kier alpha value is -1.55. The Bertz CT molecular complexity index is 638. The lowest BCUT2D eigenvalue weighted by Gasteiger charge is -2.22. The second-order valence-electron chi connectivity index (χ2n) is 5.07. The Morgan fingerprint density at radius 2 is 1.95 bits per heavy atom. The van der Waals surface area contributed by atoms with Gasteiger partial charge in [0.2, 0.25) is 5.91 Å². The number of carbonyl (C=O) groups is 1. The molecule has 0 unspecified atom stereocenters. The van der Waals surface area contributed by atoms with Gasteiger partial charge < -0.3 is 4.90 Å². The molecule has 1 aromatic heterocycles. The minimum atomic E-state index is -0.113. The topological polar surface area (TPSA) is 33.2 Å². The fourth-order valence-corrected chi connectivity index (χ4v) is 3.41. The molecule has 2 aromatic rings. The number of para-hydroxylation sites is 1. The molecule has 1 heterocycles. The third-order valence-electron chi connectivity index (χ3n) is 3.62. The normalized spacial score (nSPS) is 12.4. The van der Waals surface area contributed by atoms with Crippen molar-refractivity contribution in [2.45, 2.75) is 38.0 Å². The molecule has 4 heteroatoms. The Kier molecular flexibility index (Phi) is 5.23. The largest absolute Gasteiger partial charge is 0.342 e. The molecule has 1 aromatic carbocycles. The number of benzene rings is 1. The maximum Gasteiger partial charge on any atom is 0.235 e. The van der Waals surface area contributed by atoms with Gasteiger partial charge in [-0.15, -0.1) is 0 Å². The monoisotopic (exact) mass is 302 g/mol. The van der Waals surface area contributed by atoms with E-state index >= 15 is 0 Å². The third kappa shape index (κ3) is 3.56. The fraction of sp³-hybridized carbons (Fsp3) is 0.412. The van der Waals surface area contributed by atoms with E-state index in [1.807, 2.05) is 43.9 Å². The summed E-state index contributed by atoms with van der Waals surface area (Å²) in [5, 5.41) is 1.97. The van der Waals surface area contributed by atoms with Gasteiger partial charge in [0.25, 0.3) is 0 Å². The van der Waals surface area contributed by atoms with Crippen molar-refractivity contribution in [3.8, 4) is 0 Å². The van der Waals surface area contributed by atoms with Gasteiger partial charge in [-0.25, -0.2) is 4.98 Å². The quantitative estimate of drug-likeness (QED) is 0.786. The van der Waals surface area contributed by atoms with E-state index in [4.69, 9.17) is 0 Å². The number of fused-ring (bicyclic) bond motifs is 1. The molecule has 0 N–H and O–H groups in total. The summed E-state index contributed by atoms with van der Waals surface area (Å²) in [6, 6.07) is 10.2. The van der Waals surface area contributed by atoms with Gasteiger partial charge in [-0.3, -0.25) is 4.79 Å². The van der Waals surface area contributed by atoms with Gasteiger partial charge in [0.15, 0.2) is 0 Å². The molecule has 0 spiro atoms. The maximum atomic E-state index is 12.3. The van der Waals surface area contributed by atoms with E-state index in [1.165, 1.54) is 22.7 Å². The highest BCUT2D eigenvalue weighted by atomic mass is 32.2. The van der Waals surface area contributed by atoms with Crippen molar-refractivity contribution >= 4 is 28.6 Å². The Morgan fingerprint density at radius 1 is 1.29 bits per heavy atom. The highest BCUT2D eigenvalue weighted by Gasteiger charge is 2.20. The number of carbonyl (C=O) groups excluding carboxylic acids is 1. The molecule has 0 saturated carbocycles. The molecule has 0 bridgehead atoms. The van der Waals surface area contributed by atoms with Gasteiger partial charge in [0.05, 0.1) is 15.8 Å². The van der Waals surface area contributed by atoms with Gasteiger partial charge in [0, 0.05) is 18.5 Å². The van der Waals surface area contributed by atoms with Crippen LogP contribution in [0.5, 0.6) is 0 Å². The zero-order valence-electron chi connectivity index (χ0n) is 13.1. The van der Waals surface area contributed by atoms with Crippen molar-refractivity contribution in [3.63, 3.8) is 0 Å². The number of rotatable bonds is 5. The number of hydrogen-bond donors (Lipinski definition) is 0. The van der Waals surface area contributed by atoms with Crippen LogP contribution >= 0.6 is 11.8 Å². The van der Waals surface area contributed by atoms with Crippen LogP contribution < -0.4 is 0 Å². The number of nitrogens with zero attached hydrogens (tertiary/aromatic N) is 2. The van der Waals surface area contributed by atoms with Crippen molar-refractivity contribution in [1.29, 1.82) is 0 Å². The van der Waals surface area contributed by atoms with Gasteiger partial charge in [-0.05, 0) is 45.4 Å².